The molecular weight excluding hydrogens is 346 g/mol. The zero-order valence-electron chi connectivity index (χ0n) is 13.1. The molecule has 0 radical (unpaired) electrons. The molecule has 25 heavy (non-hydrogen) atoms. The number of ketones is 1. The van der Waals surface area contributed by atoms with Crippen LogP contribution < -0.4 is 5.32 Å². The summed E-state index contributed by atoms with van der Waals surface area (Å²) < 4.78 is 6.41. The second-order valence-corrected chi connectivity index (χ2v) is 5.78. The van der Waals surface area contributed by atoms with Gasteiger partial charge in [0.05, 0.1) is 6.42 Å². The van der Waals surface area contributed by atoms with Crippen molar-refractivity contribution in [2.75, 3.05) is 5.32 Å². The molecule has 0 unspecified atom stereocenters. The van der Waals surface area contributed by atoms with Crippen molar-refractivity contribution in [1.29, 1.82) is 0 Å². The number of Topliss-reactive ketones (excluding diaryl/α,β-unsaturated/α-hetero) is 1. The number of anilines is 2. The molecule has 0 fully saturated rings. The molecule has 3 aromatic heterocycles. The molecule has 0 amide bonds. The van der Waals surface area contributed by atoms with Gasteiger partial charge in [-0.05, 0) is 34.6 Å². The molecule has 4 rings (SSSR count). The lowest BCUT2D eigenvalue weighted by Gasteiger charge is -2.07. The fraction of sp³-hybridized carbons (Fsp3) is 0.200. The molecule has 126 valence electrons. The second-order valence-electron chi connectivity index (χ2n) is 5.35. The van der Waals surface area contributed by atoms with Crippen LogP contribution >= 0.6 is 11.6 Å². The summed E-state index contributed by atoms with van der Waals surface area (Å²) in [5.74, 6) is 0.931. The van der Waals surface area contributed by atoms with Crippen molar-refractivity contribution < 1.29 is 9.42 Å². The maximum Gasteiger partial charge on any atom is 0.244 e. The van der Waals surface area contributed by atoms with Crippen molar-refractivity contribution in [3.63, 3.8) is 0 Å². The van der Waals surface area contributed by atoms with Crippen LogP contribution in [0.25, 0.3) is 16.9 Å². The molecule has 10 heteroatoms. The first-order valence-corrected chi connectivity index (χ1v) is 7.94. The lowest BCUT2D eigenvalue weighted by Crippen LogP contribution is -2.07. The number of halogens is 1. The number of carbonyl (C=O) groups excluding carboxylic acids is 1. The summed E-state index contributed by atoms with van der Waals surface area (Å²) in [4.78, 5) is 16.2. The summed E-state index contributed by atoms with van der Waals surface area (Å²) in [6.45, 7) is 1.80. The van der Waals surface area contributed by atoms with E-state index in [-0.39, 0.29) is 17.9 Å². The van der Waals surface area contributed by atoms with E-state index in [0.717, 1.165) is 5.69 Å². The predicted molar refractivity (Wildman–Crippen MR) is 89.9 cm³/mol. The molecule has 0 saturated carbocycles. The predicted octanol–water partition coefficient (Wildman–Crippen LogP) is 2.58. The summed E-state index contributed by atoms with van der Waals surface area (Å²) in [7, 11) is 0. The molecule has 0 aliphatic heterocycles. The average Bonchev–Trinajstić information content (AvgIpc) is 3.23. The van der Waals surface area contributed by atoms with Gasteiger partial charge in [0, 0.05) is 17.1 Å². The van der Waals surface area contributed by atoms with Crippen molar-refractivity contribution in [2.45, 2.75) is 19.8 Å². The first-order valence-electron chi connectivity index (χ1n) is 7.56. The number of nitrogens with zero attached hydrogens (tertiary/aromatic N) is 6. The minimum absolute atomic E-state index is 0.0444. The average molecular weight is 358 g/mol. The van der Waals surface area contributed by atoms with Gasteiger partial charge >= 0.3 is 0 Å². The van der Waals surface area contributed by atoms with Gasteiger partial charge in [0.25, 0.3) is 0 Å². The fourth-order valence-electron chi connectivity index (χ4n) is 2.41. The van der Waals surface area contributed by atoms with Crippen LogP contribution in [-0.4, -0.2) is 35.7 Å². The third-order valence-electron chi connectivity index (χ3n) is 3.68. The molecule has 0 saturated heterocycles. The van der Waals surface area contributed by atoms with Crippen LogP contribution in [0.1, 0.15) is 19.2 Å². The van der Waals surface area contributed by atoms with Gasteiger partial charge < -0.3 is 5.32 Å². The van der Waals surface area contributed by atoms with Gasteiger partial charge in [-0.3, -0.25) is 9.20 Å². The van der Waals surface area contributed by atoms with Crippen LogP contribution in [0.3, 0.4) is 0 Å². The van der Waals surface area contributed by atoms with Gasteiger partial charge in [-0.2, -0.15) is 0 Å². The molecule has 0 aliphatic carbocycles. The van der Waals surface area contributed by atoms with Crippen LogP contribution in [0, 0.1) is 0 Å². The van der Waals surface area contributed by atoms with E-state index < -0.39 is 0 Å². The minimum atomic E-state index is 0.0444. The Hall–Kier alpha value is -3.07. The summed E-state index contributed by atoms with van der Waals surface area (Å²) in [5.41, 5.74) is 1.84. The standard InChI is InChI=1S/C15H12ClN7O2/c1-2-10(24)7-11-19-20-14-12(17-9-5-3-8(16)4-6-9)18-13-15(23(11)14)22-25-21-13/h3-6H,2,7H2,1H3,(H,17,18,21). The number of hydrogen-bond donors (Lipinski definition) is 1. The maximum atomic E-state index is 11.8. The van der Waals surface area contributed by atoms with Crippen molar-refractivity contribution in [2.24, 2.45) is 0 Å². The number of aromatic nitrogens is 6. The van der Waals surface area contributed by atoms with Crippen LogP contribution in [0.5, 0.6) is 0 Å². The fourth-order valence-corrected chi connectivity index (χ4v) is 2.53. The Bertz CT molecular complexity index is 1070. The zero-order chi connectivity index (χ0) is 17.4. The quantitative estimate of drug-likeness (QED) is 0.580. The monoisotopic (exact) mass is 357 g/mol. The number of carbonyl (C=O) groups is 1. The van der Waals surface area contributed by atoms with Gasteiger partial charge in [0.2, 0.25) is 16.9 Å². The number of hydrogen-bond acceptors (Lipinski definition) is 8. The SMILES string of the molecule is CCC(=O)Cc1nnc2c(Nc3ccc(Cl)cc3)nc3nonc3n12. The highest BCUT2D eigenvalue weighted by Crippen LogP contribution is 2.24. The van der Waals surface area contributed by atoms with E-state index in [1.165, 1.54) is 0 Å². The highest BCUT2D eigenvalue weighted by Gasteiger charge is 2.19. The van der Waals surface area contributed by atoms with Crippen molar-refractivity contribution in [1.82, 2.24) is 29.9 Å². The Morgan fingerprint density at radius 1 is 1.20 bits per heavy atom. The number of nitrogens with one attached hydrogen (secondary N) is 1. The highest BCUT2D eigenvalue weighted by molar-refractivity contribution is 6.30. The first kappa shape index (κ1) is 15.5. The Labute approximate surface area is 146 Å². The normalized spacial score (nSPS) is 11.3. The third-order valence-corrected chi connectivity index (χ3v) is 3.93. The lowest BCUT2D eigenvalue weighted by atomic mass is 10.2. The Kier molecular flexibility index (Phi) is 3.77. The van der Waals surface area contributed by atoms with Gasteiger partial charge in [-0.15, -0.1) is 10.2 Å². The van der Waals surface area contributed by atoms with Gasteiger partial charge in [-0.1, -0.05) is 18.5 Å². The molecular formula is C15H12ClN7O2. The first-order chi connectivity index (χ1) is 12.2. The molecule has 3 heterocycles. The van der Waals surface area contributed by atoms with Gasteiger partial charge in [-0.25, -0.2) is 9.61 Å². The van der Waals surface area contributed by atoms with Crippen molar-refractivity contribution in [3.05, 3.63) is 35.1 Å². The van der Waals surface area contributed by atoms with E-state index in [1.54, 1.807) is 23.5 Å². The summed E-state index contributed by atoms with van der Waals surface area (Å²) in [6.07, 6.45) is 0.556. The molecule has 0 aliphatic rings. The summed E-state index contributed by atoms with van der Waals surface area (Å²) >= 11 is 5.91. The highest BCUT2D eigenvalue weighted by atomic mass is 35.5. The van der Waals surface area contributed by atoms with E-state index in [9.17, 15) is 4.79 Å². The molecule has 0 spiro atoms. The Morgan fingerprint density at radius 2 is 2.00 bits per heavy atom. The molecule has 0 bridgehead atoms. The number of fused-ring (bicyclic) bond motifs is 3. The number of benzene rings is 1. The van der Waals surface area contributed by atoms with E-state index >= 15 is 0 Å². The smallest absolute Gasteiger partial charge is 0.244 e. The van der Waals surface area contributed by atoms with Crippen LogP contribution in [-0.2, 0) is 11.2 Å². The van der Waals surface area contributed by atoms with E-state index in [0.29, 0.717) is 34.4 Å². The van der Waals surface area contributed by atoms with Crippen molar-refractivity contribution >= 4 is 45.8 Å². The van der Waals surface area contributed by atoms with E-state index in [1.807, 2.05) is 12.1 Å². The largest absolute Gasteiger partial charge is 0.337 e. The van der Waals surface area contributed by atoms with E-state index in [4.69, 9.17) is 16.2 Å². The zero-order valence-corrected chi connectivity index (χ0v) is 13.9. The molecule has 1 aromatic carbocycles. The van der Waals surface area contributed by atoms with Gasteiger partial charge in [0.1, 0.15) is 11.6 Å². The van der Waals surface area contributed by atoms with Gasteiger partial charge in [0.15, 0.2) is 5.82 Å². The lowest BCUT2D eigenvalue weighted by molar-refractivity contribution is -0.118. The topological polar surface area (TPSA) is 111 Å². The molecule has 9 nitrogen and oxygen atoms in total. The maximum absolute atomic E-state index is 11.8. The molecule has 0 atom stereocenters. The van der Waals surface area contributed by atoms with Crippen molar-refractivity contribution in [3.8, 4) is 0 Å². The number of rotatable bonds is 5. The Morgan fingerprint density at radius 3 is 2.76 bits per heavy atom. The minimum Gasteiger partial charge on any atom is -0.337 e. The van der Waals surface area contributed by atoms with E-state index in [2.05, 4.69) is 30.8 Å². The Balaban J connectivity index is 1.86. The van der Waals surface area contributed by atoms with Crippen LogP contribution in [0.4, 0.5) is 11.5 Å². The summed E-state index contributed by atoms with van der Waals surface area (Å²) in [5, 5.41) is 19.7. The molecule has 4 aromatic rings. The van der Waals surface area contributed by atoms with Crippen LogP contribution in [0.15, 0.2) is 28.9 Å². The molecule has 1 N–H and O–H groups in total. The summed E-state index contributed by atoms with van der Waals surface area (Å²) in [6, 6.07) is 7.13. The van der Waals surface area contributed by atoms with Crippen LogP contribution in [0.2, 0.25) is 5.02 Å². The third kappa shape index (κ3) is 2.78. The second kappa shape index (κ2) is 6.10.